The molecule has 8 heteroatoms. The molecule has 0 aliphatic heterocycles. The van der Waals surface area contributed by atoms with Gasteiger partial charge in [-0.05, 0) is 43.2 Å². The van der Waals surface area contributed by atoms with Gasteiger partial charge in [-0.2, -0.15) is 5.10 Å². The van der Waals surface area contributed by atoms with Crippen molar-refractivity contribution < 1.29 is 13.2 Å². The molecule has 1 heterocycles. The molecule has 28 heavy (non-hydrogen) atoms. The Morgan fingerprint density at radius 2 is 1.89 bits per heavy atom. The van der Waals surface area contributed by atoms with Crippen LogP contribution in [0.2, 0.25) is 0 Å². The summed E-state index contributed by atoms with van der Waals surface area (Å²) >= 11 is 0. The maximum atomic E-state index is 12.5. The molecule has 1 saturated carbocycles. The minimum absolute atomic E-state index is 0.0173. The topological polar surface area (TPSA) is 93.1 Å². The van der Waals surface area contributed by atoms with E-state index in [0.29, 0.717) is 12.1 Å². The summed E-state index contributed by atoms with van der Waals surface area (Å²) in [6.45, 7) is 0.295. The number of sulfonamides is 1. The minimum Gasteiger partial charge on any atom is -0.348 e. The normalized spacial score (nSPS) is 14.0. The number of aromatic nitrogens is 2. The number of carbonyl (C=O) groups excluding carboxylic acids is 1. The van der Waals surface area contributed by atoms with E-state index in [-0.39, 0.29) is 16.8 Å². The highest BCUT2D eigenvalue weighted by Crippen LogP contribution is 2.22. The van der Waals surface area contributed by atoms with E-state index >= 15 is 0 Å². The number of hydrogen-bond acceptors (Lipinski definition) is 4. The van der Waals surface area contributed by atoms with E-state index in [1.165, 1.54) is 12.1 Å². The number of hydrogen-bond donors (Lipinski definition) is 2. The lowest BCUT2D eigenvalue weighted by Gasteiger charge is -2.08. The van der Waals surface area contributed by atoms with Crippen LogP contribution in [0.3, 0.4) is 0 Å². The summed E-state index contributed by atoms with van der Waals surface area (Å²) < 4.78 is 29.0. The molecule has 0 saturated heterocycles. The molecule has 1 aromatic heterocycles. The Morgan fingerprint density at radius 3 is 2.64 bits per heavy atom. The average molecular weight is 396 g/mol. The van der Waals surface area contributed by atoms with Crippen LogP contribution in [-0.2, 0) is 16.6 Å². The van der Waals surface area contributed by atoms with Gasteiger partial charge >= 0.3 is 0 Å². The number of rotatable bonds is 7. The zero-order valence-corrected chi connectivity index (χ0v) is 15.9. The SMILES string of the molecule is O=C(NCc1cnn(-c2ccccc2)c1)c1cccc(S(=O)(=O)NC2CC2)c1. The summed E-state index contributed by atoms with van der Waals surface area (Å²) in [6, 6.07) is 15.7. The summed E-state index contributed by atoms with van der Waals surface area (Å²) in [6.07, 6.45) is 5.25. The third-order valence-electron chi connectivity index (χ3n) is 4.42. The first kappa shape index (κ1) is 18.4. The van der Waals surface area contributed by atoms with E-state index in [2.05, 4.69) is 15.1 Å². The lowest BCUT2D eigenvalue weighted by molar-refractivity contribution is 0.0950. The molecule has 1 aliphatic carbocycles. The van der Waals surface area contributed by atoms with Crippen molar-refractivity contribution in [2.24, 2.45) is 0 Å². The monoisotopic (exact) mass is 396 g/mol. The number of nitrogens with zero attached hydrogens (tertiary/aromatic N) is 2. The molecule has 0 unspecified atom stereocenters. The standard InChI is InChI=1S/C20H20N4O3S/c25-20(16-5-4-8-19(11-16)28(26,27)23-17-9-10-17)21-12-15-13-22-24(14-15)18-6-2-1-3-7-18/h1-8,11,13-14,17,23H,9-10,12H2,(H,21,25). The molecule has 3 aromatic rings. The van der Waals surface area contributed by atoms with Crippen molar-refractivity contribution in [1.29, 1.82) is 0 Å². The van der Waals surface area contributed by atoms with Gasteiger partial charge in [-0.1, -0.05) is 24.3 Å². The van der Waals surface area contributed by atoms with Crippen LogP contribution in [0.25, 0.3) is 5.69 Å². The lowest BCUT2D eigenvalue weighted by atomic mass is 10.2. The van der Waals surface area contributed by atoms with E-state index in [1.54, 1.807) is 23.0 Å². The van der Waals surface area contributed by atoms with Crippen molar-refractivity contribution in [1.82, 2.24) is 19.8 Å². The molecule has 1 amide bonds. The first-order valence-corrected chi connectivity index (χ1v) is 10.5. The van der Waals surface area contributed by atoms with Crippen molar-refractivity contribution in [3.05, 3.63) is 78.1 Å². The Hall–Kier alpha value is -2.97. The largest absolute Gasteiger partial charge is 0.348 e. The van der Waals surface area contributed by atoms with Crippen molar-refractivity contribution in [3.8, 4) is 5.69 Å². The predicted molar refractivity (Wildman–Crippen MR) is 105 cm³/mol. The van der Waals surface area contributed by atoms with Gasteiger partial charge in [-0.15, -0.1) is 0 Å². The highest BCUT2D eigenvalue weighted by molar-refractivity contribution is 7.89. The number of nitrogens with one attached hydrogen (secondary N) is 2. The number of amides is 1. The van der Waals surface area contributed by atoms with Crippen molar-refractivity contribution in [3.63, 3.8) is 0 Å². The van der Waals surface area contributed by atoms with Gasteiger partial charge in [0, 0.05) is 29.9 Å². The fraction of sp³-hybridized carbons (Fsp3) is 0.200. The molecule has 1 fully saturated rings. The zero-order chi connectivity index (χ0) is 19.6. The summed E-state index contributed by atoms with van der Waals surface area (Å²) in [4.78, 5) is 12.6. The maximum Gasteiger partial charge on any atom is 0.251 e. The van der Waals surface area contributed by atoms with Crippen LogP contribution < -0.4 is 10.0 Å². The molecule has 2 aromatic carbocycles. The summed E-state index contributed by atoms with van der Waals surface area (Å²) in [5.74, 6) is -0.337. The van der Waals surface area contributed by atoms with Crippen molar-refractivity contribution in [2.45, 2.75) is 30.3 Å². The Kier molecular flexibility index (Phi) is 4.97. The van der Waals surface area contributed by atoms with Crippen LogP contribution in [0.5, 0.6) is 0 Å². The van der Waals surface area contributed by atoms with E-state index in [1.807, 2.05) is 36.5 Å². The van der Waals surface area contributed by atoms with Crippen molar-refractivity contribution >= 4 is 15.9 Å². The van der Waals surface area contributed by atoms with Gasteiger partial charge in [0.25, 0.3) is 5.91 Å². The molecular formula is C20H20N4O3S. The van der Waals surface area contributed by atoms with Crippen LogP contribution in [-0.4, -0.2) is 30.1 Å². The van der Waals surface area contributed by atoms with E-state index in [4.69, 9.17) is 0 Å². The first-order valence-electron chi connectivity index (χ1n) is 9.01. The molecular weight excluding hydrogens is 376 g/mol. The van der Waals surface area contributed by atoms with E-state index in [9.17, 15) is 13.2 Å². The third-order valence-corrected chi connectivity index (χ3v) is 5.93. The summed E-state index contributed by atoms with van der Waals surface area (Å²) in [5.41, 5.74) is 2.08. The van der Waals surface area contributed by atoms with Crippen LogP contribution in [0.1, 0.15) is 28.8 Å². The Morgan fingerprint density at radius 1 is 1.11 bits per heavy atom. The van der Waals surface area contributed by atoms with E-state index in [0.717, 1.165) is 24.1 Å². The van der Waals surface area contributed by atoms with Crippen LogP contribution in [0.15, 0.2) is 71.9 Å². The van der Waals surface area contributed by atoms with Gasteiger partial charge in [0.05, 0.1) is 16.8 Å². The van der Waals surface area contributed by atoms with E-state index < -0.39 is 10.0 Å². The smallest absolute Gasteiger partial charge is 0.251 e. The van der Waals surface area contributed by atoms with Gasteiger partial charge in [0.2, 0.25) is 10.0 Å². The molecule has 0 spiro atoms. The maximum absolute atomic E-state index is 12.5. The summed E-state index contributed by atoms with van der Waals surface area (Å²) in [7, 11) is -3.59. The van der Waals surface area contributed by atoms with Gasteiger partial charge in [0.1, 0.15) is 0 Å². The van der Waals surface area contributed by atoms with Gasteiger partial charge in [0.15, 0.2) is 0 Å². The second kappa shape index (κ2) is 7.57. The first-order chi connectivity index (χ1) is 13.5. The molecule has 0 bridgehead atoms. The lowest BCUT2D eigenvalue weighted by Crippen LogP contribution is -2.27. The molecule has 1 aliphatic rings. The highest BCUT2D eigenvalue weighted by atomic mass is 32.2. The third kappa shape index (κ3) is 4.29. The Balaban J connectivity index is 1.42. The molecule has 144 valence electrons. The molecule has 7 nitrogen and oxygen atoms in total. The Bertz CT molecular complexity index is 1090. The molecule has 2 N–H and O–H groups in total. The zero-order valence-electron chi connectivity index (χ0n) is 15.1. The second-order valence-electron chi connectivity index (χ2n) is 6.73. The van der Waals surface area contributed by atoms with Gasteiger partial charge in [-0.3, -0.25) is 4.79 Å². The van der Waals surface area contributed by atoms with Crippen LogP contribution in [0, 0.1) is 0 Å². The van der Waals surface area contributed by atoms with Crippen LogP contribution >= 0.6 is 0 Å². The predicted octanol–water partition coefficient (Wildman–Crippen LogP) is 2.24. The molecule has 0 radical (unpaired) electrons. The Labute approximate surface area is 163 Å². The fourth-order valence-electron chi connectivity index (χ4n) is 2.75. The quantitative estimate of drug-likeness (QED) is 0.641. The van der Waals surface area contributed by atoms with Crippen LogP contribution in [0.4, 0.5) is 0 Å². The molecule has 0 atom stereocenters. The number of para-hydroxylation sites is 1. The molecule has 4 rings (SSSR count). The average Bonchev–Trinajstić information content (AvgIpc) is 3.39. The van der Waals surface area contributed by atoms with Gasteiger partial charge in [-0.25, -0.2) is 17.8 Å². The fourth-order valence-corrected chi connectivity index (χ4v) is 4.10. The second-order valence-corrected chi connectivity index (χ2v) is 8.45. The summed E-state index contributed by atoms with van der Waals surface area (Å²) in [5, 5.41) is 7.10. The number of benzene rings is 2. The van der Waals surface area contributed by atoms with Gasteiger partial charge < -0.3 is 5.32 Å². The minimum atomic E-state index is -3.59. The van der Waals surface area contributed by atoms with Crippen molar-refractivity contribution in [2.75, 3.05) is 0 Å². The number of carbonyl (C=O) groups is 1. The highest BCUT2D eigenvalue weighted by Gasteiger charge is 2.28.